The van der Waals surface area contributed by atoms with Crippen molar-refractivity contribution in [2.75, 3.05) is 0 Å². The van der Waals surface area contributed by atoms with Crippen LogP contribution in [0.25, 0.3) is 0 Å². The fraction of sp³-hybridized carbons (Fsp3) is 0.588. The topological polar surface area (TPSA) is 55.1 Å². The van der Waals surface area contributed by atoms with Crippen LogP contribution in [0.3, 0.4) is 0 Å². The summed E-state index contributed by atoms with van der Waals surface area (Å²) in [5.74, 6) is 0.450. The molecule has 0 saturated heterocycles. The van der Waals surface area contributed by atoms with E-state index < -0.39 is 0 Å². The molecule has 1 aliphatic rings. The lowest BCUT2D eigenvalue weighted by Gasteiger charge is -2.21. The first-order chi connectivity index (χ1) is 9.40. The molecule has 1 aromatic carbocycles. The Bertz CT molecular complexity index is 460. The first-order valence-corrected chi connectivity index (χ1v) is 7.53. The number of nitrogens with one attached hydrogen (secondary N) is 1. The lowest BCUT2D eigenvalue weighted by Crippen LogP contribution is -2.48. The minimum absolute atomic E-state index is 0.00307. The predicted molar refractivity (Wildman–Crippen MR) is 82.4 cm³/mol. The molecule has 1 atom stereocenters. The quantitative estimate of drug-likeness (QED) is 0.837. The molecule has 1 aliphatic carbocycles. The van der Waals surface area contributed by atoms with E-state index in [1.807, 2.05) is 0 Å². The van der Waals surface area contributed by atoms with E-state index in [1.165, 1.54) is 11.1 Å². The van der Waals surface area contributed by atoms with E-state index in [0.29, 0.717) is 5.92 Å². The van der Waals surface area contributed by atoms with E-state index in [-0.39, 0.29) is 17.5 Å². The summed E-state index contributed by atoms with van der Waals surface area (Å²) in [5, 5.41) is 3.17. The summed E-state index contributed by atoms with van der Waals surface area (Å²) < 4.78 is 0. The smallest absolute Gasteiger partial charge is 0.237 e. The molecule has 1 fully saturated rings. The number of rotatable bonds is 6. The molecule has 1 amide bonds. The van der Waals surface area contributed by atoms with E-state index in [9.17, 15) is 4.79 Å². The van der Waals surface area contributed by atoms with E-state index in [0.717, 1.165) is 25.7 Å². The molecule has 0 unspecified atom stereocenters. The Morgan fingerprint density at radius 2 is 1.90 bits per heavy atom. The van der Waals surface area contributed by atoms with Crippen LogP contribution in [0, 0.1) is 12.8 Å². The van der Waals surface area contributed by atoms with Gasteiger partial charge >= 0.3 is 0 Å². The number of aryl methyl sites for hydroxylation is 1. The summed E-state index contributed by atoms with van der Waals surface area (Å²) in [6.45, 7) is 6.27. The van der Waals surface area contributed by atoms with Crippen molar-refractivity contribution in [1.82, 2.24) is 5.32 Å². The van der Waals surface area contributed by atoms with Gasteiger partial charge in [-0.15, -0.1) is 0 Å². The molecule has 2 rings (SSSR count). The van der Waals surface area contributed by atoms with Crippen LogP contribution < -0.4 is 11.1 Å². The van der Waals surface area contributed by atoms with Crippen molar-refractivity contribution < 1.29 is 4.79 Å². The molecule has 20 heavy (non-hydrogen) atoms. The number of benzene rings is 1. The van der Waals surface area contributed by atoms with E-state index in [4.69, 9.17) is 5.73 Å². The predicted octanol–water partition coefficient (Wildman–Crippen LogP) is 2.56. The van der Waals surface area contributed by atoms with Gasteiger partial charge in [-0.2, -0.15) is 0 Å². The molecule has 3 heteroatoms. The minimum atomic E-state index is -0.384. The van der Waals surface area contributed by atoms with E-state index >= 15 is 0 Å². The molecule has 0 aromatic heterocycles. The number of carbonyl (C=O) groups is 1. The standard InChI is InChI=1S/C17H26N2O/c1-12(2)10-15(18)16(20)19-17(8-9-17)11-14-6-4-13(3)5-7-14/h4-7,12,15H,8-11,18H2,1-3H3,(H,19,20)/t15-/m1/s1. The Hall–Kier alpha value is -1.35. The molecule has 0 aliphatic heterocycles. The number of hydrogen-bond acceptors (Lipinski definition) is 2. The van der Waals surface area contributed by atoms with E-state index in [2.05, 4.69) is 50.4 Å². The molecule has 1 aromatic rings. The average Bonchev–Trinajstić information content (AvgIpc) is 3.11. The van der Waals surface area contributed by atoms with Crippen molar-refractivity contribution in [1.29, 1.82) is 0 Å². The highest BCUT2D eigenvalue weighted by Crippen LogP contribution is 2.38. The van der Waals surface area contributed by atoms with Gasteiger partial charge < -0.3 is 11.1 Å². The normalized spacial score (nSPS) is 17.9. The van der Waals surface area contributed by atoms with Crippen molar-refractivity contribution in [2.24, 2.45) is 11.7 Å². The molecule has 0 bridgehead atoms. The van der Waals surface area contributed by atoms with Gasteiger partial charge in [0.1, 0.15) is 0 Å². The lowest BCUT2D eigenvalue weighted by molar-refractivity contribution is -0.123. The summed E-state index contributed by atoms with van der Waals surface area (Å²) in [7, 11) is 0. The summed E-state index contributed by atoms with van der Waals surface area (Å²) >= 11 is 0. The molecular weight excluding hydrogens is 248 g/mol. The maximum atomic E-state index is 12.1. The van der Waals surface area contributed by atoms with Crippen LogP contribution in [0.1, 0.15) is 44.2 Å². The Morgan fingerprint density at radius 3 is 2.40 bits per heavy atom. The zero-order valence-electron chi connectivity index (χ0n) is 12.8. The maximum absolute atomic E-state index is 12.1. The van der Waals surface area contributed by atoms with Gasteiger partial charge in [-0.25, -0.2) is 0 Å². The number of nitrogens with two attached hydrogens (primary N) is 1. The van der Waals surface area contributed by atoms with Crippen LogP contribution in [0.2, 0.25) is 0 Å². The Balaban J connectivity index is 1.91. The Labute approximate surface area is 121 Å². The first kappa shape index (κ1) is 15.0. The van der Waals surface area contributed by atoms with Crippen LogP contribution in [-0.4, -0.2) is 17.5 Å². The summed E-state index contributed by atoms with van der Waals surface area (Å²) in [4.78, 5) is 12.1. The summed E-state index contributed by atoms with van der Waals surface area (Å²) in [6.07, 6.45) is 3.77. The monoisotopic (exact) mass is 274 g/mol. The van der Waals surface area contributed by atoms with Crippen molar-refractivity contribution >= 4 is 5.91 Å². The second kappa shape index (κ2) is 5.96. The lowest BCUT2D eigenvalue weighted by atomic mass is 10.0. The van der Waals surface area contributed by atoms with Crippen LogP contribution in [0.4, 0.5) is 0 Å². The molecular formula is C17H26N2O. The average molecular weight is 274 g/mol. The number of hydrogen-bond donors (Lipinski definition) is 2. The highest BCUT2D eigenvalue weighted by Gasteiger charge is 2.44. The van der Waals surface area contributed by atoms with Crippen molar-refractivity contribution in [3.63, 3.8) is 0 Å². The number of amides is 1. The van der Waals surface area contributed by atoms with Gasteiger partial charge in [0.15, 0.2) is 0 Å². The van der Waals surface area contributed by atoms with Crippen LogP contribution >= 0.6 is 0 Å². The van der Waals surface area contributed by atoms with Gasteiger partial charge in [0.25, 0.3) is 0 Å². The van der Waals surface area contributed by atoms with Crippen molar-refractivity contribution in [3.8, 4) is 0 Å². The molecule has 3 N–H and O–H groups in total. The van der Waals surface area contributed by atoms with Crippen molar-refractivity contribution in [2.45, 2.75) is 58.0 Å². The maximum Gasteiger partial charge on any atom is 0.237 e. The fourth-order valence-corrected chi connectivity index (χ4v) is 2.56. The second-order valence-corrected chi connectivity index (χ2v) is 6.67. The van der Waals surface area contributed by atoms with Crippen LogP contribution in [0.15, 0.2) is 24.3 Å². The van der Waals surface area contributed by atoms with Crippen LogP contribution in [-0.2, 0) is 11.2 Å². The largest absolute Gasteiger partial charge is 0.349 e. The third kappa shape index (κ3) is 4.07. The third-order valence-corrected chi connectivity index (χ3v) is 3.97. The van der Waals surface area contributed by atoms with Gasteiger partial charge in [-0.1, -0.05) is 43.7 Å². The van der Waals surface area contributed by atoms with E-state index in [1.54, 1.807) is 0 Å². The van der Waals surface area contributed by atoms with Crippen LogP contribution in [0.5, 0.6) is 0 Å². The minimum Gasteiger partial charge on any atom is -0.349 e. The number of carbonyl (C=O) groups excluding carboxylic acids is 1. The van der Waals surface area contributed by atoms with Gasteiger partial charge in [-0.05, 0) is 44.1 Å². The highest BCUT2D eigenvalue weighted by molar-refractivity contribution is 5.82. The molecule has 3 nitrogen and oxygen atoms in total. The Kier molecular flexibility index (Phi) is 4.48. The van der Waals surface area contributed by atoms with Gasteiger partial charge in [0.05, 0.1) is 6.04 Å². The van der Waals surface area contributed by atoms with Crippen molar-refractivity contribution in [3.05, 3.63) is 35.4 Å². The molecule has 1 saturated carbocycles. The molecule has 0 spiro atoms. The first-order valence-electron chi connectivity index (χ1n) is 7.53. The van der Waals surface area contributed by atoms with Gasteiger partial charge in [-0.3, -0.25) is 4.79 Å². The molecule has 0 radical (unpaired) electrons. The van der Waals surface area contributed by atoms with Gasteiger partial charge in [0.2, 0.25) is 5.91 Å². The zero-order valence-corrected chi connectivity index (χ0v) is 12.8. The third-order valence-electron chi connectivity index (χ3n) is 3.97. The zero-order chi connectivity index (χ0) is 14.8. The summed E-state index contributed by atoms with van der Waals surface area (Å²) in [5.41, 5.74) is 8.46. The summed E-state index contributed by atoms with van der Waals surface area (Å²) in [6, 6.07) is 8.16. The molecule has 110 valence electrons. The highest BCUT2D eigenvalue weighted by atomic mass is 16.2. The SMILES string of the molecule is Cc1ccc(CC2(NC(=O)[C@H](N)CC(C)C)CC2)cc1. The van der Waals surface area contributed by atoms with Gasteiger partial charge in [0, 0.05) is 5.54 Å². The fourth-order valence-electron chi connectivity index (χ4n) is 2.56. The second-order valence-electron chi connectivity index (χ2n) is 6.67. The Morgan fingerprint density at radius 1 is 1.30 bits per heavy atom. The molecule has 0 heterocycles.